The van der Waals surface area contributed by atoms with Crippen molar-refractivity contribution in [1.82, 2.24) is 10.2 Å². The Hall–Kier alpha value is -0.0800. The monoisotopic (exact) mass is 212 g/mol. The van der Waals surface area contributed by atoms with Crippen molar-refractivity contribution in [3.8, 4) is 0 Å². The standard InChI is InChI=1S/C13H28N2/c1-11(2)13-6-9-15(10-7-13)12(3)5-8-14-4/h11-14H,5-10H2,1-4H3. The fourth-order valence-corrected chi connectivity index (χ4v) is 2.56. The number of nitrogens with zero attached hydrogens (tertiary/aromatic N) is 1. The number of nitrogens with one attached hydrogen (secondary N) is 1. The van der Waals surface area contributed by atoms with E-state index in [4.69, 9.17) is 0 Å². The van der Waals surface area contributed by atoms with Gasteiger partial charge in [0.25, 0.3) is 0 Å². The highest BCUT2D eigenvalue weighted by atomic mass is 15.2. The molecule has 0 aromatic carbocycles. The maximum absolute atomic E-state index is 3.24. The smallest absolute Gasteiger partial charge is 0.00790 e. The molecule has 1 aliphatic heterocycles. The highest BCUT2D eigenvalue weighted by Gasteiger charge is 2.23. The predicted molar refractivity (Wildman–Crippen MR) is 67.1 cm³/mol. The van der Waals surface area contributed by atoms with Crippen LogP contribution in [0.3, 0.4) is 0 Å². The molecule has 1 heterocycles. The van der Waals surface area contributed by atoms with Gasteiger partial charge in [0.05, 0.1) is 0 Å². The number of hydrogen-bond donors (Lipinski definition) is 1. The van der Waals surface area contributed by atoms with Gasteiger partial charge in [-0.2, -0.15) is 0 Å². The quantitative estimate of drug-likeness (QED) is 0.752. The summed E-state index contributed by atoms with van der Waals surface area (Å²) in [5.74, 6) is 1.84. The maximum Gasteiger partial charge on any atom is 0.00790 e. The van der Waals surface area contributed by atoms with Crippen LogP contribution in [0.25, 0.3) is 0 Å². The van der Waals surface area contributed by atoms with E-state index in [1.54, 1.807) is 0 Å². The van der Waals surface area contributed by atoms with Crippen LogP contribution >= 0.6 is 0 Å². The van der Waals surface area contributed by atoms with E-state index in [1.807, 2.05) is 7.05 Å². The minimum atomic E-state index is 0.755. The molecule has 0 aromatic rings. The Balaban J connectivity index is 2.24. The largest absolute Gasteiger partial charge is 0.320 e. The second-order valence-electron chi connectivity index (χ2n) is 5.36. The number of likely N-dealkylation sites (tertiary alicyclic amines) is 1. The molecule has 0 aliphatic carbocycles. The van der Waals surface area contributed by atoms with E-state index >= 15 is 0 Å². The summed E-state index contributed by atoms with van der Waals surface area (Å²) in [7, 11) is 2.04. The van der Waals surface area contributed by atoms with Crippen LogP contribution < -0.4 is 5.32 Å². The summed E-state index contributed by atoms with van der Waals surface area (Å²) in [5.41, 5.74) is 0. The highest BCUT2D eigenvalue weighted by Crippen LogP contribution is 2.25. The second-order valence-corrected chi connectivity index (χ2v) is 5.36. The summed E-state index contributed by atoms with van der Waals surface area (Å²) in [4.78, 5) is 2.66. The molecule has 2 nitrogen and oxygen atoms in total. The zero-order valence-electron chi connectivity index (χ0n) is 10.9. The topological polar surface area (TPSA) is 15.3 Å². The molecule has 1 fully saturated rings. The lowest BCUT2D eigenvalue weighted by Gasteiger charge is -2.37. The normalized spacial score (nSPS) is 22.2. The Morgan fingerprint density at radius 2 is 1.80 bits per heavy atom. The van der Waals surface area contributed by atoms with Gasteiger partial charge >= 0.3 is 0 Å². The van der Waals surface area contributed by atoms with Crippen LogP contribution in [0.4, 0.5) is 0 Å². The lowest BCUT2D eigenvalue weighted by molar-refractivity contribution is 0.118. The van der Waals surface area contributed by atoms with Gasteiger partial charge in [-0.25, -0.2) is 0 Å². The van der Waals surface area contributed by atoms with Crippen LogP contribution in [0.5, 0.6) is 0 Å². The molecule has 0 spiro atoms. The van der Waals surface area contributed by atoms with Crippen molar-refractivity contribution >= 4 is 0 Å². The average Bonchev–Trinajstić information content (AvgIpc) is 2.26. The molecule has 0 bridgehead atoms. The van der Waals surface area contributed by atoms with Gasteiger partial charge in [-0.15, -0.1) is 0 Å². The van der Waals surface area contributed by atoms with Crippen molar-refractivity contribution in [2.24, 2.45) is 11.8 Å². The van der Waals surface area contributed by atoms with Crippen molar-refractivity contribution in [1.29, 1.82) is 0 Å². The van der Waals surface area contributed by atoms with E-state index in [2.05, 4.69) is 31.0 Å². The molecule has 1 saturated heterocycles. The van der Waals surface area contributed by atoms with Crippen LogP contribution in [0.1, 0.15) is 40.0 Å². The molecule has 0 radical (unpaired) electrons. The summed E-state index contributed by atoms with van der Waals surface area (Å²) < 4.78 is 0. The summed E-state index contributed by atoms with van der Waals surface area (Å²) in [5, 5.41) is 3.24. The predicted octanol–water partition coefficient (Wildman–Crippen LogP) is 2.35. The van der Waals surface area contributed by atoms with Crippen LogP contribution in [0.15, 0.2) is 0 Å². The molecule has 1 unspecified atom stereocenters. The first-order valence-corrected chi connectivity index (χ1v) is 6.53. The second kappa shape index (κ2) is 6.49. The molecule has 0 amide bonds. The SMILES string of the molecule is CNCCC(C)N1CCC(C(C)C)CC1. The fraction of sp³-hybridized carbons (Fsp3) is 1.00. The first-order chi connectivity index (χ1) is 7.15. The minimum Gasteiger partial charge on any atom is -0.320 e. The lowest BCUT2D eigenvalue weighted by atomic mass is 9.86. The number of rotatable bonds is 5. The van der Waals surface area contributed by atoms with Gasteiger partial charge < -0.3 is 10.2 Å². The molecule has 1 aliphatic rings. The van der Waals surface area contributed by atoms with E-state index in [0.29, 0.717) is 0 Å². The van der Waals surface area contributed by atoms with Gasteiger partial charge in [-0.05, 0) is 64.7 Å². The van der Waals surface area contributed by atoms with Crippen molar-refractivity contribution < 1.29 is 0 Å². The van der Waals surface area contributed by atoms with Crippen LogP contribution in [-0.4, -0.2) is 37.6 Å². The molecule has 0 saturated carbocycles. The molecule has 2 heteroatoms. The third kappa shape index (κ3) is 4.12. The Bertz CT molecular complexity index is 160. The molecule has 90 valence electrons. The van der Waals surface area contributed by atoms with Gasteiger partial charge in [-0.3, -0.25) is 0 Å². The fourth-order valence-electron chi connectivity index (χ4n) is 2.56. The van der Waals surface area contributed by atoms with Gasteiger partial charge in [0.2, 0.25) is 0 Å². The Morgan fingerprint density at radius 3 is 2.27 bits per heavy atom. The van der Waals surface area contributed by atoms with Crippen LogP contribution in [0, 0.1) is 11.8 Å². The summed E-state index contributed by atoms with van der Waals surface area (Å²) in [6.45, 7) is 10.9. The molecule has 1 N–H and O–H groups in total. The van der Waals surface area contributed by atoms with E-state index in [0.717, 1.165) is 24.4 Å². The van der Waals surface area contributed by atoms with Crippen molar-refractivity contribution in [2.45, 2.75) is 46.1 Å². The number of hydrogen-bond acceptors (Lipinski definition) is 2. The van der Waals surface area contributed by atoms with Gasteiger partial charge in [0.15, 0.2) is 0 Å². The van der Waals surface area contributed by atoms with E-state index < -0.39 is 0 Å². The third-order valence-electron chi connectivity index (χ3n) is 3.95. The number of piperidine rings is 1. The maximum atomic E-state index is 3.24. The van der Waals surface area contributed by atoms with E-state index in [9.17, 15) is 0 Å². The van der Waals surface area contributed by atoms with E-state index in [-0.39, 0.29) is 0 Å². The van der Waals surface area contributed by atoms with Crippen molar-refractivity contribution in [3.63, 3.8) is 0 Å². The molecule has 15 heavy (non-hydrogen) atoms. The zero-order valence-corrected chi connectivity index (χ0v) is 10.9. The summed E-state index contributed by atoms with van der Waals surface area (Å²) in [6.07, 6.45) is 4.09. The highest BCUT2D eigenvalue weighted by molar-refractivity contribution is 4.77. The van der Waals surface area contributed by atoms with Gasteiger partial charge in [-0.1, -0.05) is 13.8 Å². The van der Waals surface area contributed by atoms with Crippen LogP contribution in [0.2, 0.25) is 0 Å². The first kappa shape index (κ1) is 13.0. The van der Waals surface area contributed by atoms with Gasteiger partial charge in [0, 0.05) is 6.04 Å². The summed E-state index contributed by atoms with van der Waals surface area (Å²) in [6, 6.07) is 0.755. The third-order valence-corrected chi connectivity index (χ3v) is 3.95. The Kier molecular flexibility index (Phi) is 5.62. The lowest BCUT2D eigenvalue weighted by Crippen LogP contribution is -2.41. The molecule has 0 aromatic heterocycles. The minimum absolute atomic E-state index is 0.755. The van der Waals surface area contributed by atoms with Crippen molar-refractivity contribution in [2.75, 3.05) is 26.7 Å². The molecule has 1 rings (SSSR count). The Labute approximate surface area is 95.4 Å². The first-order valence-electron chi connectivity index (χ1n) is 6.53. The van der Waals surface area contributed by atoms with Gasteiger partial charge in [0.1, 0.15) is 0 Å². The molecule has 1 atom stereocenters. The van der Waals surface area contributed by atoms with E-state index in [1.165, 1.54) is 32.4 Å². The average molecular weight is 212 g/mol. The zero-order chi connectivity index (χ0) is 11.3. The molecular weight excluding hydrogens is 184 g/mol. The van der Waals surface area contributed by atoms with Crippen LogP contribution in [-0.2, 0) is 0 Å². The van der Waals surface area contributed by atoms with Crippen molar-refractivity contribution in [3.05, 3.63) is 0 Å². The summed E-state index contributed by atoms with van der Waals surface area (Å²) >= 11 is 0. The Morgan fingerprint density at radius 1 is 1.20 bits per heavy atom. The molecular formula is C13H28N2.